The van der Waals surface area contributed by atoms with Gasteiger partial charge < -0.3 is 5.73 Å². The van der Waals surface area contributed by atoms with Gasteiger partial charge >= 0.3 is 0 Å². The Hall–Kier alpha value is -1.07. The van der Waals surface area contributed by atoms with Crippen LogP contribution in [0, 0.1) is 6.92 Å². The first kappa shape index (κ1) is 13.4. The van der Waals surface area contributed by atoms with E-state index in [4.69, 9.17) is 5.73 Å². The molecule has 0 spiro atoms. The van der Waals surface area contributed by atoms with Crippen molar-refractivity contribution in [2.24, 2.45) is 0 Å². The van der Waals surface area contributed by atoms with Crippen molar-refractivity contribution in [1.29, 1.82) is 0 Å². The minimum Gasteiger partial charge on any atom is -0.398 e. The van der Waals surface area contributed by atoms with Crippen LogP contribution in [0.15, 0.2) is 23.1 Å². The van der Waals surface area contributed by atoms with E-state index < -0.39 is 10.0 Å². The number of nitrogens with two attached hydrogens (primary N) is 1. The number of aryl methyl sites for hydroxylation is 1. The smallest absolute Gasteiger partial charge is 0.243 e. The Balaban J connectivity index is 2.38. The van der Waals surface area contributed by atoms with Gasteiger partial charge in [-0.15, -0.1) is 0 Å². The van der Waals surface area contributed by atoms with Crippen LogP contribution in [0.3, 0.4) is 0 Å². The van der Waals surface area contributed by atoms with Crippen molar-refractivity contribution in [1.82, 2.24) is 4.31 Å². The Bertz CT molecular complexity index is 540. The summed E-state index contributed by atoms with van der Waals surface area (Å²) in [6.07, 6.45) is 2.76. The highest BCUT2D eigenvalue weighted by Crippen LogP contribution is 2.28. The predicted molar refractivity (Wildman–Crippen MR) is 72.8 cm³/mol. The number of anilines is 1. The Morgan fingerprint density at radius 2 is 2.17 bits per heavy atom. The zero-order valence-electron chi connectivity index (χ0n) is 10.9. The van der Waals surface area contributed by atoms with Crippen LogP contribution in [0.25, 0.3) is 0 Å². The summed E-state index contributed by atoms with van der Waals surface area (Å²) in [6.45, 7) is 4.52. The molecule has 1 aliphatic heterocycles. The summed E-state index contributed by atoms with van der Waals surface area (Å²) in [5.41, 5.74) is 7.24. The molecule has 0 saturated carbocycles. The monoisotopic (exact) mass is 268 g/mol. The molecule has 0 aromatic heterocycles. The van der Waals surface area contributed by atoms with E-state index in [2.05, 4.69) is 0 Å². The average Bonchev–Trinajstić information content (AvgIpc) is 2.81. The van der Waals surface area contributed by atoms with Gasteiger partial charge in [-0.3, -0.25) is 0 Å². The second-order valence-electron chi connectivity index (χ2n) is 4.84. The Kier molecular flexibility index (Phi) is 3.64. The molecule has 0 amide bonds. The van der Waals surface area contributed by atoms with Gasteiger partial charge in [-0.2, -0.15) is 4.31 Å². The fourth-order valence-corrected chi connectivity index (χ4v) is 4.25. The van der Waals surface area contributed by atoms with Crippen molar-refractivity contribution >= 4 is 15.7 Å². The van der Waals surface area contributed by atoms with E-state index in [-0.39, 0.29) is 6.04 Å². The fourth-order valence-electron chi connectivity index (χ4n) is 2.45. The third kappa shape index (κ3) is 2.24. The van der Waals surface area contributed by atoms with Crippen LogP contribution in [0.1, 0.15) is 31.7 Å². The molecule has 5 heteroatoms. The molecule has 0 radical (unpaired) electrons. The Morgan fingerprint density at radius 3 is 2.78 bits per heavy atom. The SMILES string of the molecule is CCC1CCCN1S(=O)(=O)c1ccc(C)c(N)c1. The number of nitrogens with zero attached hydrogens (tertiary/aromatic N) is 1. The normalized spacial score (nSPS) is 21.3. The standard InChI is InChI=1S/C13H20N2O2S/c1-3-11-5-4-8-15(11)18(16,17)12-7-6-10(2)13(14)9-12/h6-7,9,11H,3-5,8,14H2,1-2H3. The van der Waals surface area contributed by atoms with E-state index in [1.807, 2.05) is 13.8 Å². The van der Waals surface area contributed by atoms with Crippen LogP contribution in [0.4, 0.5) is 5.69 Å². The molecular formula is C13H20N2O2S. The molecule has 1 unspecified atom stereocenters. The second kappa shape index (κ2) is 4.90. The average molecular weight is 268 g/mol. The summed E-state index contributed by atoms with van der Waals surface area (Å²) in [5, 5.41) is 0. The maximum atomic E-state index is 12.5. The molecular weight excluding hydrogens is 248 g/mol. The van der Waals surface area contributed by atoms with E-state index in [1.165, 1.54) is 0 Å². The minimum absolute atomic E-state index is 0.137. The summed E-state index contributed by atoms with van der Waals surface area (Å²) >= 11 is 0. The van der Waals surface area contributed by atoms with Gasteiger partial charge in [-0.05, 0) is 43.9 Å². The number of nitrogen functional groups attached to an aromatic ring is 1. The van der Waals surface area contributed by atoms with E-state index in [0.29, 0.717) is 17.1 Å². The lowest BCUT2D eigenvalue weighted by molar-refractivity contribution is 0.379. The van der Waals surface area contributed by atoms with Crippen LogP contribution in [0.2, 0.25) is 0 Å². The molecule has 2 rings (SSSR count). The van der Waals surface area contributed by atoms with E-state index in [0.717, 1.165) is 24.8 Å². The number of benzene rings is 1. The fraction of sp³-hybridized carbons (Fsp3) is 0.538. The Morgan fingerprint density at radius 1 is 1.44 bits per heavy atom. The molecule has 18 heavy (non-hydrogen) atoms. The van der Waals surface area contributed by atoms with Gasteiger partial charge in [0.25, 0.3) is 0 Å². The van der Waals surface area contributed by atoms with Gasteiger partial charge in [-0.25, -0.2) is 8.42 Å². The Labute approximate surface area is 109 Å². The molecule has 1 heterocycles. The number of sulfonamides is 1. The number of hydrogen-bond donors (Lipinski definition) is 1. The molecule has 1 atom stereocenters. The molecule has 100 valence electrons. The van der Waals surface area contributed by atoms with Crippen molar-refractivity contribution in [3.8, 4) is 0 Å². The largest absolute Gasteiger partial charge is 0.398 e. The topological polar surface area (TPSA) is 63.4 Å². The first-order valence-corrected chi connectivity index (χ1v) is 7.78. The van der Waals surface area contributed by atoms with Gasteiger partial charge in [0.15, 0.2) is 0 Å². The zero-order chi connectivity index (χ0) is 13.3. The summed E-state index contributed by atoms with van der Waals surface area (Å²) in [6, 6.07) is 5.11. The van der Waals surface area contributed by atoms with Gasteiger partial charge in [0.1, 0.15) is 0 Å². The van der Waals surface area contributed by atoms with E-state index in [9.17, 15) is 8.42 Å². The number of rotatable bonds is 3. The number of hydrogen-bond acceptors (Lipinski definition) is 3. The van der Waals surface area contributed by atoms with Crippen molar-refractivity contribution in [2.75, 3.05) is 12.3 Å². The highest BCUT2D eigenvalue weighted by molar-refractivity contribution is 7.89. The van der Waals surface area contributed by atoms with Gasteiger partial charge in [0, 0.05) is 18.3 Å². The lowest BCUT2D eigenvalue weighted by Crippen LogP contribution is -2.35. The second-order valence-corrected chi connectivity index (χ2v) is 6.73. The van der Waals surface area contributed by atoms with Crippen LogP contribution in [-0.4, -0.2) is 25.3 Å². The highest BCUT2D eigenvalue weighted by Gasteiger charge is 2.34. The van der Waals surface area contributed by atoms with Crippen LogP contribution < -0.4 is 5.73 Å². The molecule has 1 aromatic rings. The maximum Gasteiger partial charge on any atom is 0.243 e. The zero-order valence-corrected chi connectivity index (χ0v) is 11.7. The summed E-state index contributed by atoms with van der Waals surface area (Å²) in [5.74, 6) is 0. The third-order valence-electron chi connectivity index (χ3n) is 3.65. The lowest BCUT2D eigenvalue weighted by atomic mass is 10.2. The van der Waals surface area contributed by atoms with E-state index >= 15 is 0 Å². The van der Waals surface area contributed by atoms with Crippen LogP contribution in [-0.2, 0) is 10.0 Å². The summed E-state index contributed by atoms with van der Waals surface area (Å²) in [4.78, 5) is 0.311. The first-order chi connectivity index (χ1) is 8.46. The molecule has 2 N–H and O–H groups in total. The first-order valence-electron chi connectivity index (χ1n) is 6.34. The molecule has 0 aliphatic carbocycles. The van der Waals surface area contributed by atoms with Gasteiger partial charge in [0.05, 0.1) is 4.90 Å². The van der Waals surface area contributed by atoms with E-state index in [1.54, 1.807) is 22.5 Å². The molecule has 1 aromatic carbocycles. The highest BCUT2D eigenvalue weighted by atomic mass is 32.2. The molecule has 0 bridgehead atoms. The van der Waals surface area contributed by atoms with Gasteiger partial charge in [0.2, 0.25) is 10.0 Å². The molecule has 1 fully saturated rings. The summed E-state index contributed by atoms with van der Waals surface area (Å²) < 4.78 is 26.7. The lowest BCUT2D eigenvalue weighted by Gasteiger charge is -2.23. The quantitative estimate of drug-likeness (QED) is 0.854. The van der Waals surface area contributed by atoms with Crippen LogP contribution >= 0.6 is 0 Å². The predicted octanol–water partition coefficient (Wildman–Crippen LogP) is 2.14. The van der Waals surface area contributed by atoms with Crippen molar-refractivity contribution in [2.45, 2.75) is 44.0 Å². The van der Waals surface area contributed by atoms with Crippen molar-refractivity contribution in [3.05, 3.63) is 23.8 Å². The van der Waals surface area contributed by atoms with Gasteiger partial charge in [-0.1, -0.05) is 13.0 Å². The van der Waals surface area contributed by atoms with Crippen molar-refractivity contribution in [3.63, 3.8) is 0 Å². The van der Waals surface area contributed by atoms with Crippen molar-refractivity contribution < 1.29 is 8.42 Å². The third-order valence-corrected chi connectivity index (χ3v) is 5.60. The van der Waals surface area contributed by atoms with Crippen LogP contribution in [0.5, 0.6) is 0 Å². The minimum atomic E-state index is -3.39. The summed E-state index contributed by atoms with van der Waals surface area (Å²) in [7, 11) is -3.39. The molecule has 1 saturated heterocycles. The molecule has 4 nitrogen and oxygen atoms in total. The maximum absolute atomic E-state index is 12.5. The molecule has 1 aliphatic rings.